The van der Waals surface area contributed by atoms with Crippen molar-refractivity contribution in [3.8, 4) is 0 Å². The normalized spacial score (nSPS) is 29.4. The van der Waals surface area contributed by atoms with Gasteiger partial charge >= 0.3 is 0 Å². The van der Waals surface area contributed by atoms with E-state index >= 15 is 0 Å². The topological polar surface area (TPSA) is 57.5 Å². The third-order valence-corrected chi connectivity index (χ3v) is 2.73. The van der Waals surface area contributed by atoms with Gasteiger partial charge in [0.2, 0.25) is 0 Å². The van der Waals surface area contributed by atoms with Crippen LogP contribution in [0.2, 0.25) is 0 Å². The summed E-state index contributed by atoms with van der Waals surface area (Å²) < 4.78 is 0. The highest BCUT2D eigenvalue weighted by atomic mass is 16.3. The van der Waals surface area contributed by atoms with Crippen molar-refractivity contribution in [2.45, 2.75) is 39.2 Å². The fourth-order valence-electron chi connectivity index (χ4n) is 2.02. The van der Waals surface area contributed by atoms with Gasteiger partial charge in [-0.05, 0) is 24.5 Å². The van der Waals surface area contributed by atoms with Crippen LogP contribution < -0.4 is 0 Å². The second-order valence-electron chi connectivity index (χ2n) is 3.57. The predicted molar refractivity (Wildman–Crippen MR) is 58.5 cm³/mol. The van der Waals surface area contributed by atoms with E-state index in [2.05, 4.69) is 0 Å². The summed E-state index contributed by atoms with van der Waals surface area (Å²) in [6.45, 7) is 4.00. The molecule has 1 fully saturated rings. The summed E-state index contributed by atoms with van der Waals surface area (Å²) in [5.41, 5.74) is 0.714. The van der Waals surface area contributed by atoms with E-state index in [0.717, 1.165) is 6.42 Å². The number of hydrogen-bond donors (Lipinski definition) is 2. The highest BCUT2D eigenvalue weighted by Gasteiger charge is 2.38. The number of carbonyl (C=O) groups excluding carboxylic acids is 1. The monoisotopic (exact) mass is 210 g/mol. The molecule has 2 atom stereocenters. The van der Waals surface area contributed by atoms with Crippen molar-refractivity contribution in [1.82, 2.24) is 0 Å². The number of aliphatic hydroxyl groups excluding tert-OH is 2. The number of allylic oxidation sites excluding steroid dienone is 2. The molecule has 3 nitrogen and oxygen atoms in total. The minimum Gasteiger partial charge on any atom is -0.508 e. The van der Waals surface area contributed by atoms with Gasteiger partial charge < -0.3 is 10.2 Å². The molecule has 1 saturated carbocycles. The maximum absolute atomic E-state index is 11.4. The molecule has 2 N–H and O–H groups in total. The second-order valence-corrected chi connectivity index (χ2v) is 3.57. The Kier molecular flexibility index (Phi) is 4.09. The Hall–Kier alpha value is -1.09. The number of carbonyl (C=O) groups is 1. The molecule has 0 radical (unpaired) electrons. The van der Waals surface area contributed by atoms with E-state index in [9.17, 15) is 15.0 Å². The maximum Gasteiger partial charge on any atom is 0.168 e. The highest BCUT2D eigenvalue weighted by Crippen LogP contribution is 2.35. The Labute approximate surface area is 90.1 Å². The highest BCUT2D eigenvalue weighted by molar-refractivity contribution is 5.91. The van der Waals surface area contributed by atoms with Crippen molar-refractivity contribution in [1.29, 1.82) is 0 Å². The summed E-state index contributed by atoms with van der Waals surface area (Å²) in [6.07, 6.45) is 4.40. The molecule has 0 aromatic carbocycles. The van der Waals surface area contributed by atoms with Crippen LogP contribution in [0.3, 0.4) is 0 Å². The van der Waals surface area contributed by atoms with Gasteiger partial charge in [-0.2, -0.15) is 0 Å². The molecule has 0 aromatic rings. The zero-order valence-electron chi connectivity index (χ0n) is 9.23. The first kappa shape index (κ1) is 12.0. The standard InChI is InChI=1S/C10H12O3.C2H6/c11-8-4-2-1-3-6-7(8)5-9(12)10(6)13;1-2/h2,4,6,9,11-12H,1,3,5H2;1-2H3. The van der Waals surface area contributed by atoms with Gasteiger partial charge in [-0.1, -0.05) is 19.9 Å². The maximum atomic E-state index is 11.4. The first-order valence-corrected chi connectivity index (χ1v) is 5.50. The molecule has 0 heterocycles. The first-order valence-electron chi connectivity index (χ1n) is 5.50. The Bertz CT molecular complexity index is 302. The van der Waals surface area contributed by atoms with Crippen LogP contribution in [0.1, 0.15) is 33.1 Å². The van der Waals surface area contributed by atoms with Gasteiger partial charge in [0.25, 0.3) is 0 Å². The van der Waals surface area contributed by atoms with Crippen molar-refractivity contribution >= 4 is 5.78 Å². The number of hydrogen-bond acceptors (Lipinski definition) is 3. The molecule has 15 heavy (non-hydrogen) atoms. The van der Waals surface area contributed by atoms with Crippen molar-refractivity contribution in [3.05, 3.63) is 23.5 Å². The summed E-state index contributed by atoms with van der Waals surface area (Å²) in [6, 6.07) is 0. The molecule has 2 aliphatic rings. The van der Waals surface area contributed by atoms with Crippen LogP contribution in [-0.2, 0) is 4.79 Å². The van der Waals surface area contributed by atoms with Gasteiger partial charge in [-0.25, -0.2) is 0 Å². The summed E-state index contributed by atoms with van der Waals surface area (Å²) in [5.74, 6) is -0.206. The number of aliphatic hydroxyl groups is 2. The smallest absolute Gasteiger partial charge is 0.168 e. The molecule has 84 valence electrons. The van der Waals surface area contributed by atoms with E-state index in [1.165, 1.54) is 0 Å². The van der Waals surface area contributed by atoms with Crippen molar-refractivity contribution in [3.63, 3.8) is 0 Å². The van der Waals surface area contributed by atoms with E-state index in [0.29, 0.717) is 18.4 Å². The Balaban J connectivity index is 0.000000531. The van der Waals surface area contributed by atoms with E-state index in [1.54, 1.807) is 6.08 Å². The molecule has 0 bridgehead atoms. The van der Waals surface area contributed by atoms with Crippen LogP contribution in [0, 0.1) is 5.92 Å². The van der Waals surface area contributed by atoms with E-state index in [4.69, 9.17) is 0 Å². The zero-order valence-corrected chi connectivity index (χ0v) is 9.23. The van der Waals surface area contributed by atoms with Gasteiger partial charge in [0.05, 0.1) is 0 Å². The summed E-state index contributed by atoms with van der Waals surface area (Å²) in [7, 11) is 0. The van der Waals surface area contributed by atoms with Gasteiger partial charge in [0.1, 0.15) is 11.9 Å². The molecular weight excluding hydrogens is 192 g/mol. The molecule has 0 amide bonds. The molecule has 2 rings (SSSR count). The van der Waals surface area contributed by atoms with Crippen LogP contribution in [0.15, 0.2) is 23.5 Å². The third-order valence-electron chi connectivity index (χ3n) is 2.73. The molecule has 0 aliphatic heterocycles. The molecule has 2 unspecified atom stereocenters. The fraction of sp³-hybridized carbons (Fsp3) is 0.583. The largest absolute Gasteiger partial charge is 0.508 e. The van der Waals surface area contributed by atoms with Crippen molar-refractivity contribution in [2.24, 2.45) is 5.92 Å². The lowest BCUT2D eigenvalue weighted by molar-refractivity contribution is -0.127. The third kappa shape index (κ3) is 2.29. The molecule has 0 spiro atoms. The molecule has 2 aliphatic carbocycles. The summed E-state index contributed by atoms with van der Waals surface area (Å²) in [5, 5.41) is 18.8. The van der Waals surface area contributed by atoms with Gasteiger partial charge in [-0.3, -0.25) is 4.79 Å². The van der Waals surface area contributed by atoms with Crippen LogP contribution in [0.5, 0.6) is 0 Å². The minimum atomic E-state index is -0.895. The predicted octanol–water partition coefficient (Wildman–Crippen LogP) is 2.12. The van der Waals surface area contributed by atoms with E-state index < -0.39 is 6.10 Å². The molecule has 0 saturated heterocycles. The fourth-order valence-corrected chi connectivity index (χ4v) is 2.02. The average molecular weight is 210 g/mol. The van der Waals surface area contributed by atoms with Gasteiger partial charge in [-0.15, -0.1) is 0 Å². The lowest BCUT2D eigenvalue weighted by atomic mass is 9.97. The van der Waals surface area contributed by atoms with E-state index in [1.807, 2.05) is 19.9 Å². The quantitative estimate of drug-likeness (QED) is 0.644. The number of fused-ring (bicyclic) bond motifs is 1. The number of rotatable bonds is 0. The lowest BCUT2D eigenvalue weighted by Crippen LogP contribution is -2.18. The SMILES string of the molecule is CC.O=C1C(O)CC2=C(O)C=CCCC12. The Morgan fingerprint density at radius 1 is 1.40 bits per heavy atom. The molecule has 0 aromatic heterocycles. The van der Waals surface area contributed by atoms with Crippen LogP contribution in [0.4, 0.5) is 0 Å². The Morgan fingerprint density at radius 2 is 2.07 bits per heavy atom. The zero-order chi connectivity index (χ0) is 11.4. The van der Waals surface area contributed by atoms with Crippen LogP contribution in [0.25, 0.3) is 0 Å². The van der Waals surface area contributed by atoms with Gasteiger partial charge in [0, 0.05) is 12.3 Å². The summed E-state index contributed by atoms with van der Waals surface area (Å²) >= 11 is 0. The summed E-state index contributed by atoms with van der Waals surface area (Å²) in [4.78, 5) is 11.4. The Morgan fingerprint density at radius 3 is 2.73 bits per heavy atom. The lowest BCUT2D eigenvalue weighted by Gasteiger charge is -2.06. The van der Waals surface area contributed by atoms with Gasteiger partial charge in [0.15, 0.2) is 5.78 Å². The minimum absolute atomic E-state index is 0.134. The number of Topliss-reactive ketones (excluding diaryl/α,β-unsaturated/α-hetero) is 1. The van der Waals surface area contributed by atoms with Crippen molar-refractivity contribution in [2.75, 3.05) is 0 Å². The van der Waals surface area contributed by atoms with Crippen molar-refractivity contribution < 1.29 is 15.0 Å². The van der Waals surface area contributed by atoms with Crippen LogP contribution >= 0.6 is 0 Å². The molecule has 3 heteroatoms. The van der Waals surface area contributed by atoms with E-state index in [-0.39, 0.29) is 17.5 Å². The first-order chi connectivity index (χ1) is 7.20. The van der Waals surface area contributed by atoms with Crippen LogP contribution in [-0.4, -0.2) is 22.1 Å². The molecular formula is C12H18O3. The second kappa shape index (κ2) is 5.12. The number of ketones is 1. The average Bonchev–Trinajstić information content (AvgIpc) is 2.43.